The molecule has 1 saturated carbocycles. The van der Waals surface area contributed by atoms with Gasteiger partial charge in [0.15, 0.2) is 5.69 Å². The van der Waals surface area contributed by atoms with Crippen molar-refractivity contribution in [2.45, 2.75) is 44.2 Å². The van der Waals surface area contributed by atoms with Crippen LogP contribution in [0, 0.1) is 5.82 Å². The number of amides is 1. The second-order valence-electron chi connectivity index (χ2n) is 7.44. The van der Waals surface area contributed by atoms with Gasteiger partial charge in [-0.25, -0.2) is 9.37 Å². The lowest BCUT2D eigenvalue weighted by Gasteiger charge is -2.28. The van der Waals surface area contributed by atoms with Crippen LogP contribution in [0.4, 0.5) is 4.39 Å². The Morgan fingerprint density at radius 3 is 2.71 bits per heavy atom. The molecule has 0 bridgehead atoms. The van der Waals surface area contributed by atoms with E-state index in [1.807, 2.05) is 0 Å². The molecule has 1 aromatic carbocycles. The Balaban J connectivity index is 1.66. The van der Waals surface area contributed by atoms with E-state index in [4.69, 9.17) is 4.74 Å². The number of rotatable bonds is 3. The molecule has 0 saturated heterocycles. The zero-order chi connectivity index (χ0) is 19.7. The third-order valence-corrected chi connectivity index (χ3v) is 5.60. The molecule has 0 radical (unpaired) electrons. The largest absolute Gasteiger partial charge is 0.501 e. The molecule has 1 amide bonds. The number of hydrogen-bond acceptors (Lipinski definition) is 5. The Morgan fingerprint density at radius 1 is 1.29 bits per heavy atom. The van der Waals surface area contributed by atoms with Crippen LogP contribution >= 0.6 is 0 Å². The topological polar surface area (TPSA) is 93.5 Å². The molecule has 8 heteroatoms. The number of hydrogen-bond donors (Lipinski definition) is 2. The average Bonchev–Trinajstić information content (AvgIpc) is 3.09. The number of nitrogens with one attached hydrogen (secondary N) is 1. The smallest absolute Gasteiger partial charge is 0.296 e. The minimum Gasteiger partial charge on any atom is -0.501 e. The number of fused-ring (bicyclic) bond motifs is 2. The van der Waals surface area contributed by atoms with Crippen LogP contribution in [0.25, 0.3) is 0 Å². The van der Waals surface area contributed by atoms with Crippen LogP contribution in [-0.2, 0) is 23.2 Å². The highest BCUT2D eigenvalue weighted by atomic mass is 19.1. The first kappa shape index (κ1) is 18.6. The van der Waals surface area contributed by atoms with Crippen molar-refractivity contribution >= 4 is 5.91 Å². The normalized spacial score (nSPS) is 17.9. The molecule has 28 heavy (non-hydrogen) atoms. The molecular weight excluding hydrogens is 365 g/mol. The van der Waals surface area contributed by atoms with E-state index in [9.17, 15) is 19.1 Å². The summed E-state index contributed by atoms with van der Waals surface area (Å²) in [5.41, 5.74) is -0.586. The van der Waals surface area contributed by atoms with E-state index in [0.717, 1.165) is 25.7 Å². The quantitative estimate of drug-likeness (QED) is 0.839. The number of aromatic nitrogens is 2. The van der Waals surface area contributed by atoms with Gasteiger partial charge in [0.1, 0.15) is 11.6 Å². The Hall–Kier alpha value is -2.74. The molecule has 0 atom stereocenters. The summed E-state index contributed by atoms with van der Waals surface area (Å²) in [6.07, 6.45) is 3.68. The summed E-state index contributed by atoms with van der Waals surface area (Å²) in [6, 6.07) is 5.71. The molecule has 2 N–H and O–H groups in total. The molecule has 2 heterocycles. The van der Waals surface area contributed by atoms with Crippen LogP contribution in [0.5, 0.6) is 5.75 Å². The lowest BCUT2D eigenvalue weighted by molar-refractivity contribution is 0.0911. The Morgan fingerprint density at radius 2 is 2.00 bits per heavy atom. The van der Waals surface area contributed by atoms with E-state index in [-0.39, 0.29) is 18.1 Å². The monoisotopic (exact) mass is 387 g/mol. The van der Waals surface area contributed by atoms with E-state index < -0.39 is 22.6 Å². The molecule has 148 valence electrons. The molecular formula is C20H22FN3O4. The number of aromatic hydroxyl groups is 1. The molecule has 1 aromatic heterocycles. The van der Waals surface area contributed by atoms with Crippen molar-refractivity contribution in [3.05, 3.63) is 57.5 Å². The number of carbonyl (C=O) groups excluding carboxylic acids is 1. The fourth-order valence-corrected chi connectivity index (χ4v) is 4.09. The second kappa shape index (κ2) is 7.35. The lowest BCUT2D eigenvalue weighted by Crippen LogP contribution is -2.38. The third-order valence-electron chi connectivity index (χ3n) is 5.60. The van der Waals surface area contributed by atoms with Gasteiger partial charge in [-0.1, -0.05) is 25.0 Å². The minimum atomic E-state index is -0.657. The van der Waals surface area contributed by atoms with E-state index in [2.05, 4.69) is 10.3 Å². The fourth-order valence-electron chi connectivity index (χ4n) is 4.09. The number of benzene rings is 1. The van der Waals surface area contributed by atoms with Crippen LogP contribution in [-0.4, -0.2) is 33.8 Å². The molecule has 1 spiro atoms. The van der Waals surface area contributed by atoms with E-state index >= 15 is 0 Å². The van der Waals surface area contributed by atoms with Crippen molar-refractivity contribution in [1.82, 2.24) is 14.9 Å². The van der Waals surface area contributed by atoms with Gasteiger partial charge < -0.3 is 15.2 Å². The maximum atomic E-state index is 13.0. The highest BCUT2D eigenvalue weighted by Gasteiger charge is 2.42. The predicted octanol–water partition coefficient (Wildman–Crippen LogP) is 1.86. The van der Waals surface area contributed by atoms with Crippen LogP contribution in [0.1, 0.15) is 47.6 Å². The van der Waals surface area contributed by atoms with Crippen molar-refractivity contribution in [1.29, 1.82) is 0 Å². The van der Waals surface area contributed by atoms with Crippen molar-refractivity contribution < 1.29 is 19.0 Å². The Kier molecular flexibility index (Phi) is 4.89. The van der Waals surface area contributed by atoms with Gasteiger partial charge >= 0.3 is 0 Å². The van der Waals surface area contributed by atoms with Gasteiger partial charge in [0.25, 0.3) is 11.5 Å². The van der Waals surface area contributed by atoms with Gasteiger partial charge in [0, 0.05) is 6.54 Å². The van der Waals surface area contributed by atoms with E-state index in [1.54, 1.807) is 12.1 Å². The molecule has 1 aliphatic heterocycles. The number of halogens is 1. The number of ether oxygens (including phenoxy) is 1. The minimum absolute atomic E-state index is 0.132. The van der Waals surface area contributed by atoms with Gasteiger partial charge in [0.05, 0.1) is 25.2 Å². The SMILES string of the molecule is O=C(NCc1ccc(F)cc1)c1nc2n(c(=O)c1O)CCOCC21CCCC1. The maximum absolute atomic E-state index is 13.0. The van der Waals surface area contributed by atoms with Crippen LogP contribution in [0.3, 0.4) is 0 Å². The zero-order valence-corrected chi connectivity index (χ0v) is 15.4. The molecule has 7 nitrogen and oxygen atoms in total. The van der Waals surface area contributed by atoms with Gasteiger partial charge in [-0.2, -0.15) is 0 Å². The van der Waals surface area contributed by atoms with Gasteiger partial charge in [-0.05, 0) is 30.5 Å². The second-order valence-corrected chi connectivity index (χ2v) is 7.44. The standard InChI is InChI=1S/C20H22FN3O4/c21-14-5-3-13(4-6-14)11-22-17(26)15-16(25)18(27)24-9-10-28-12-20(19(24)23-15)7-1-2-8-20/h3-6,25H,1-2,7-12H2,(H,22,26). The summed E-state index contributed by atoms with van der Waals surface area (Å²) in [6.45, 7) is 1.26. The zero-order valence-electron chi connectivity index (χ0n) is 15.4. The summed E-state index contributed by atoms with van der Waals surface area (Å²) < 4.78 is 20.2. The highest BCUT2D eigenvalue weighted by molar-refractivity contribution is 5.94. The molecule has 2 aliphatic rings. The summed E-state index contributed by atoms with van der Waals surface area (Å²) in [7, 11) is 0. The van der Waals surface area contributed by atoms with Crippen LogP contribution in [0.2, 0.25) is 0 Å². The third kappa shape index (κ3) is 3.28. The molecule has 1 fully saturated rings. The summed E-state index contributed by atoms with van der Waals surface area (Å²) in [4.78, 5) is 29.8. The maximum Gasteiger partial charge on any atom is 0.296 e. The first-order chi connectivity index (χ1) is 13.5. The van der Waals surface area contributed by atoms with Crippen molar-refractivity contribution in [2.75, 3.05) is 13.2 Å². The molecule has 4 rings (SSSR count). The summed E-state index contributed by atoms with van der Waals surface area (Å²) in [5, 5.41) is 13.0. The van der Waals surface area contributed by atoms with Crippen molar-refractivity contribution in [3.63, 3.8) is 0 Å². The summed E-state index contributed by atoms with van der Waals surface area (Å²) in [5.74, 6) is -1.13. The van der Waals surface area contributed by atoms with Crippen LogP contribution in [0.15, 0.2) is 29.1 Å². The first-order valence-corrected chi connectivity index (χ1v) is 9.45. The lowest BCUT2D eigenvalue weighted by atomic mass is 9.86. The molecule has 0 unspecified atom stereocenters. The summed E-state index contributed by atoms with van der Waals surface area (Å²) >= 11 is 0. The van der Waals surface area contributed by atoms with Crippen LogP contribution < -0.4 is 10.9 Å². The number of carbonyl (C=O) groups is 1. The first-order valence-electron chi connectivity index (χ1n) is 9.45. The molecule has 2 aromatic rings. The molecule has 1 aliphatic carbocycles. The van der Waals surface area contributed by atoms with Crippen molar-refractivity contribution in [3.8, 4) is 5.75 Å². The average molecular weight is 387 g/mol. The predicted molar refractivity (Wildman–Crippen MR) is 98.7 cm³/mol. The highest BCUT2D eigenvalue weighted by Crippen LogP contribution is 2.41. The Bertz CT molecular complexity index is 949. The van der Waals surface area contributed by atoms with E-state index in [0.29, 0.717) is 31.1 Å². The van der Waals surface area contributed by atoms with Crippen molar-refractivity contribution in [2.24, 2.45) is 0 Å². The van der Waals surface area contributed by atoms with Gasteiger partial charge in [0.2, 0.25) is 5.75 Å². The van der Waals surface area contributed by atoms with Gasteiger partial charge in [-0.3, -0.25) is 14.2 Å². The number of nitrogens with zero attached hydrogens (tertiary/aromatic N) is 2. The van der Waals surface area contributed by atoms with E-state index in [1.165, 1.54) is 16.7 Å². The fraction of sp³-hybridized carbons (Fsp3) is 0.450. The Labute approximate surface area is 161 Å². The van der Waals surface area contributed by atoms with Gasteiger partial charge in [-0.15, -0.1) is 0 Å².